The van der Waals surface area contributed by atoms with Crippen LogP contribution < -0.4 is 4.90 Å². The molecule has 14 aromatic rings. The van der Waals surface area contributed by atoms with Crippen LogP contribution in [0.5, 0.6) is 0 Å². The number of furan rings is 1. The number of para-hydroxylation sites is 3. The summed E-state index contributed by atoms with van der Waals surface area (Å²) < 4.78 is 9.11. The predicted octanol–water partition coefficient (Wildman–Crippen LogP) is 19.1. The highest BCUT2D eigenvalue weighted by Gasteiger charge is 2.20. The Morgan fingerprint density at radius 2 is 0.803 bits per heavy atom. The second-order valence-electron chi connectivity index (χ2n) is 18.5. The van der Waals surface area contributed by atoms with Gasteiger partial charge in [0.15, 0.2) is 0 Å². The lowest BCUT2D eigenvalue weighted by Gasteiger charge is -2.28. The average molecular weight is 905 g/mol. The zero-order valence-electron chi connectivity index (χ0n) is 38.7. The van der Waals surface area contributed by atoms with Crippen LogP contribution >= 0.6 is 0 Å². The van der Waals surface area contributed by atoms with Crippen molar-refractivity contribution in [3.8, 4) is 50.2 Å². The lowest BCUT2D eigenvalue weighted by atomic mass is 9.95. The summed E-state index contributed by atoms with van der Waals surface area (Å²) in [4.78, 5) is 2.39. The van der Waals surface area contributed by atoms with Crippen molar-refractivity contribution in [2.24, 2.45) is 0 Å². The van der Waals surface area contributed by atoms with Crippen molar-refractivity contribution in [3.05, 3.63) is 267 Å². The summed E-state index contributed by atoms with van der Waals surface area (Å²) in [7, 11) is 0. The zero-order valence-corrected chi connectivity index (χ0v) is 38.7. The zero-order chi connectivity index (χ0) is 46.8. The molecule has 0 spiro atoms. The van der Waals surface area contributed by atoms with E-state index in [1.807, 2.05) is 0 Å². The van der Waals surface area contributed by atoms with Crippen molar-refractivity contribution in [1.29, 1.82) is 0 Å². The van der Waals surface area contributed by atoms with E-state index in [1.165, 1.54) is 54.7 Å². The van der Waals surface area contributed by atoms with Gasteiger partial charge in [-0.05, 0) is 134 Å². The van der Waals surface area contributed by atoms with Gasteiger partial charge in [-0.2, -0.15) is 0 Å². The van der Waals surface area contributed by atoms with Crippen LogP contribution in [-0.2, 0) is 0 Å². The van der Waals surface area contributed by atoms with Gasteiger partial charge in [0.25, 0.3) is 0 Å². The van der Waals surface area contributed by atoms with Crippen LogP contribution in [0.25, 0.3) is 115 Å². The minimum atomic E-state index is 0.873. The Hall–Kier alpha value is -9.44. The van der Waals surface area contributed by atoms with E-state index in [9.17, 15) is 0 Å². The lowest BCUT2D eigenvalue weighted by molar-refractivity contribution is 0.673. The third-order valence-corrected chi connectivity index (χ3v) is 14.4. The highest BCUT2D eigenvalue weighted by atomic mass is 16.3. The standard InChI is InChI=1S/C68H44N2O/c1-3-21-56-47(14-1)16-13-26-57(56)51-19-11-17-49(42-51)45-30-36-53(37-31-45)69(64-27-8-5-22-58(64)52-35-40-62-63-41-34-48-15-2-4-23-59(48)68(63)71-67(62)44-52)54-38-32-46(33-39-54)50-18-12-20-55(43-50)70-65-28-9-6-24-60(65)61-25-7-10-29-66(61)70/h1-44H. The van der Waals surface area contributed by atoms with Gasteiger partial charge in [-0.1, -0.05) is 188 Å². The number of aromatic nitrogens is 1. The number of fused-ring (bicyclic) bond motifs is 9. The van der Waals surface area contributed by atoms with Gasteiger partial charge in [0.05, 0.1) is 16.7 Å². The molecule has 3 nitrogen and oxygen atoms in total. The molecule has 0 aliphatic heterocycles. The Bertz CT molecular complexity index is 4290. The van der Waals surface area contributed by atoms with Crippen molar-refractivity contribution in [3.63, 3.8) is 0 Å². The number of rotatable bonds is 8. The quantitative estimate of drug-likeness (QED) is 0.151. The van der Waals surface area contributed by atoms with Crippen LogP contribution in [0, 0.1) is 0 Å². The average Bonchev–Trinajstić information content (AvgIpc) is 4.00. The van der Waals surface area contributed by atoms with Crippen molar-refractivity contribution < 1.29 is 4.42 Å². The first kappa shape index (κ1) is 40.6. The monoisotopic (exact) mass is 904 g/mol. The van der Waals surface area contributed by atoms with E-state index in [-0.39, 0.29) is 0 Å². The minimum Gasteiger partial charge on any atom is -0.455 e. The van der Waals surface area contributed by atoms with E-state index in [0.717, 1.165) is 77.9 Å². The highest BCUT2D eigenvalue weighted by Crippen LogP contribution is 2.44. The molecule has 2 aromatic heterocycles. The maximum atomic E-state index is 6.72. The largest absolute Gasteiger partial charge is 0.455 e. The first-order valence-electron chi connectivity index (χ1n) is 24.3. The summed E-state index contributed by atoms with van der Waals surface area (Å²) in [6, 6.07) is 96.7. The molecule has 0 aliphatic carbocycles. The van der Waals surface area contributed by atoms with Crippen molar-refractivity contribution in [2.75, 3.05) is 4.90 Å². The molecular formula is C68H44N2O. The predicted molar refractivity (Wildman–Crippen MR) is 299 cm³/mol. The summed E-state index contributed by atoms with van der Waals surface area (Å²) in [5.41, 5.74) is 17.8. The Morgan fingerprint density at radius 3 is 1.54 bits per heavy atom. The van der Waals surface area contributed by atoms with E-state index >= 15 is 0 Å². The molecule has 332 valence electrons. The molecule has 0 saturated carbocycles. The van der Waals surface area contributed by atoms with Crippen LogP contribution in [0.1, 0.15) is 0 Å². The molecule has 14 rings (SSSR count). The number of hydrogen-bond donors (Lipinski definition) is 0. The van der Waals surface area contributed by atoms with E-state index in [4.69, 9.17) is 4.42 Å². The van der Waals surface area contributed by atoms with Gasteiger partial charge < -0.3 is 13.9 Å². The van der Waals surface area contributed by atoms with Gasteiger partial charge in [-0.15, -0.1) is 0 Å². The van der Waals surface area contributed by atoms with Crippen LogP contribution in [0.3, 0.4) is 0 Å². The Labute approximate surface area is 411 Å². The van der Waals surface area contributed by atoms with E-state index in [0.29, 0.717) is 0 Å². The van der Waals surface area contributed by atoms with Crippen molar-refractivity contribution >= 4 is 82.4 Å². The fourth-order valence-corrected chi connectivity index (χ4v) is 11.0. The van der Waals surface area contributed by atoms with Crippen LogP contribution in [0.15, 0.2) is 271 Å². The van der Waals surface area contributed by atoms with Crippen LogP contribution in [0.2, 0.25) is 0 Å². The fraction of sp³-hybridized carbons (Fsp3) is 0. The van der Waals surface area contributed by atoms with Gasteiger partial charge in [0.1, 0.15) is 11.2 Å². The van der Waals surface area contributed by atoms with Crippen LogP contribution in [0.4, 0.5) is 17.1 Å². The van der Waals surface area contributed by atoms with Crippen molar-refractivity contribution in [1.82, 2.24) is 4.57 Å². The third-order valence-electron chi connectivity index (χ3n) is 14.4. The molecule has 71 heavy (non-hydrogen) atoms. The lowest BCUT2D eigenvalue weighted by Crippen LogP contribution is -2.11. The summed E-state index contributed by atoms with van der Waals surface area (Å²) in [6.07, 6.45) is 0. The molecule has 0 amide bonds. The number of hydrogen-bond acceptors (Lipinski definition) is 2. The van der Waals surface area contributed by atoms with E-state index in [2.05, 4.69) is 276 Å². The molecule has 0 aliphatic rings. The molecule has 0 unspecified atom stereocenters. The normalized spacial score (nSPS) is 11.7. The molecule has 0 N–H and O–H groups in total. The molecule has 0 radical (unpaired) electrons. The van der Waals surface area contributed by atoms with Gasteiger partial charge >= 0.3 is 0 Å². The maximum absolute atomic E-state index is 6.72. The minimum absolute atomic E-state index is 0.873. The number of nitrogens with zero attached hydrogens (tertiary/aromatic N) is 2. The summed E-state index contributed by atoms with van der Waals surface area (Å²) in [5, 5.41) is 9.55. The summed E-state index contributed by atoms with van der Waals surface area (Å²) >= 11 is 0. The van der Waals surface area contributed by atoms with Crippen LogP contribution in [-0.4, -0.2) is 4.57 Å². The van der Waals surface area contributed by atoms with Crippen molar-refractivity contribution in [2.45, 2.75) is 0 Å². The highest BCUT2D eigenvalue weighted by molar-refractivity contribution is 6.15. The molecule has 0 bridgehead atoms. The molecule has 0 saturated heterocycles. The van der Waals surface area contributed by atoms with E-state index in [1.54, 1.807) is 0 Å². The van der Waals surface area contributed by atoms with Gasteiger partial charge in [-0.25, -0.2) is 0 Å². The van der Waals surface area contributed by atoms with Gasteiger partial charge in [0, 0.05) is 49.6 Å². The molecule has 0 atom stereocenters. The molecule has 3 heteroatoms. The first-order chi connectivity index (χ1) is 35.2. The second kappa shape index (κ2) is 16.7. The number of benzene rings is 12. The summed E-state index contributed by atoms with van der Waals surface area (Å²) in [6.45, 7) is 0. The Morgan fingerprint density at radius 1 is 0.296 bits per heavy atom. The molecular weight excluding hydrogens is 861 g/mol. The first-order valence-corrected chi connectivity index (χ1v) is 24.3. The molecule has 2 heterocycles. The van der Waals surface area contributed by atoms with Gasteiger partial charge in [0.2, 0.25) is 0 Å². The molecule has 12 aromatic carbocycles. The SMILES string of the molecule is c1cc(-c2ccc(N(c3ccc(-c4cccc(-n5c6ccccc6c6ccccc65)c4)cc3)c3ccccc3-c3ccc4c(c3)oc3c5ccccc5ccc43)cc2)cc(-c2cccc3ccccc23)c1. The Kier molecular flexibility index (Phi) is 9.53. The topological polar surface area (TPSA) is 21.3 Å². The van der Waals surface area contributed by atoms with Gasteiger partial charge in [-0.3, -0.25) is 0 Å². The Balaban J connectivity index is 0.873. The smallest absolute Gasteiger partial charge is 0.143 e. The van der Waals surface area contributed by atoms with E-state index < -0.39 is 0 Å². The number of anilines is 3. The fourth-order valence-electron chi connectivity index (χ4n) is 11.0. The third kappa shape index (κ3) is 6.89. The maximum Gasteiger partial charge on any atom is 0.143 e. The summed E-state index contributed by atoms with van der Waals surface area (Å²) in [5.74, 6) is 0. The second-order valence-corrected chi connectivity index (χ2v) is 18.5. The molecule has 0 fully saturated rings.